The number of carbonyl (C=O) groups excluding carboxylic acids is 1. The van der Waals surface area contributed by atoms with Crippen LogP contribution in [0.4, 0.5) is 0 Å². The second-order valence-corrected chi connectivity index (χ2v) is 3.16. The lowest BCUT2D eigenvalue weighted by molar-refractivity contribution is 0.0939. The summed E-state index contributed by atoms with van der Waals surface area (Å²) in [6.07, 6.45) is 3.08. The molecule has 4 heteroatoms. The van der Waals surface area contributed by atoms with E-state index in [1.54, 1.807) is 24.4 Å². The predicted octanol–water partition coefficient (Wildman–Crippen LogP) is 1.50. The van der Waals surface area contributed by atoms with E-state index < -0.39 is 6.04 Å². The Labute approximate surface area is 88.9 Å². The Bertz CT molecular complexity index is 356. The van der Waals surface area contributed by atoms with Crippen molar-refractivity contribution < 1.29 is 4.79 Å². The largest absolute Gasteiger partial charge is 0.335 e. The molecule has 0 aromatic carbocycles. The fourth-order valence-electron chi connectivity index (χ4n) is 1.19. The zero-order chi connectivity index (χ0) is 11.1. The van der Waals surface area contributed by atoms with Crippen molar-refractivity contribution in [3.63, 3.8) is 0 Å². The fraction of sp³-hybridized carbons (Fsp3) is 0.364. The molecule has 1 heterocycles. The summed E-state index contributed by atoms with van der Waals surface area (Å²) in [7, 11) is 0. The van der Waals surface area contributed by atoms with Gasteiger partial charge in [0.2, 0.25) is 0 Å². The number of hydrogen-bond acceptors (Lipinski definition) is 3. The highest BCUT2D eigenvalue weighted by molar-refractivity contribution is 5.92. The summed E-state index contributed by atoms with van der Waals surface area (Å²) in [4.78, 5) is 15.5. The van der Waals surface area contributed by atoms with Crippen molar-refractivity contribution in [1.82, 2.24) is 10.3 Å². The number of rotatable bonds is 4. The SMILES string of the molecule is CCCC(C#N)NC(=O)c1ccccn1. The molecule has 1 N–H and O–H groups in total. The number of pyridine rings is 1. The van der Waals surface area contributed by atoms with E-state index in [0.717, 1.165) is 6.42 Å². The third-order valence-electron chi connectivity index (χ3n) is 1.94. The maximum atomic E-state index is 11.6. The Morgan fingerprint density at radius 1 is 1.67 bits per heavy atom. The summed E-state index contributed by atoms with van der Waals surface area (Å²) in [5.74, 6) is -0.296. The van der Waals surface area contributed by atoms with Crippen LogP contribution in [0.25, 0.3) is 0 Å². The van der Waals surface area contributed by atoms with Crippen molar-refractivity contribution in [2.24, 2.45) is 0 Å². The number of hydrogen-bond donors (Lipinski definition) is 1. The molecule has 0 fully saturated rings. The van der Waals surface area contributed by atoms with E-state index in [0.29, 0.717) is 12.1 Å². The van der Waals surface area contributed by atoms with Gasteiger partial charge >= 0.3 is 0 Å². The topological polar surface area (TPSA) is 65.8 Å². The van der Waals surface area contributed by atoms with Crippen LogP contribution in [0.15, 0.2) is 24.4 Å². The average molecular weight is 203 g/mol. The van der Waals surface area contributed by atoms with Gasteiger partial charge in [0.05, 0.1) is 6.07 Å². The molecule has 0 radical (unpaired) electrons. The zero-order valence-electron chi connectivity index (χ0n) is 8.60. The van der Waals surface area contributed by atoms with Crippen LogP contribution < -0.4 is 5.32 Å². The molecule has 1 unspecified atom stereocenters. The van der Waals surface area contributed by atoms with Crippen LogP contribution in [0.2, 0.25) is 0 Å². The van der Waals surface area contributed by atoms with Crippen LogP contribution in [0.3, 0.4) is 0 Å². The summed E-state index contributed by atoms with van der Waals surface area (Å²) in [5.41, 5.74) is 0.342. The summed E-state index contributed by atoms with van der Waals surface area (Å²) < 4.78 is 0. The Balaban J connectivity index is 2.60. The lowest BCUT2D eigenvalue weighted by Gasteiger charge is -2.09. The van der Waals surface area contributed by atoms with E-state index in [2.05, 4.69) is 10.3 Å². The van der Waals surface area contributed by atoms with Crippen LogP contribution in [0, 0.1) is 11.3 Å². The summed E-state index contributed by atoms with van der Waals surface area (Å²) >= 11 is 0. The molecule has 0 bridgehead atoms. The minimum Gasteiger partial charge on any atom is -0.335 e. The number of nitrogens with zero attached hydrogens (tertiary/aromatic N) is 2. The van der Waals surface area contributed by atoms with Crippen molar-refractivity contribution in [2.75, 3.05) is 0 Å². The minimum atomic E-state index is -0.426. The van der Waals surface area contributed by atoms with Gasteiger partial charge in [-0.1, -0.05) is 19.4 Å². The quantitative estimate of drug-likeness (QED) is 0.806. The van der Waals surface area contributed by atoms with Crippen LogP contribution in [-0.2, 0) is 0 Å². The maximum absolute atomic E-state index is 11.6. The van der Waals surface area contributed by atoms with Gasteiger partial charge in [-0.25, -0.2) is 0 Å². The standard InChI is InChI=1S/C11H13N3O/c1-2-5-9(8-12)14-11(15)10-6-3-4-7-13-10/h3-4,6-7,9H,2,5H2,1H3,(H,14,15). The van der Waals surface area contributed by atoms with Crippen LogP contribution >= 0.6 is 0 Å². The monoisotopic (exact) mass is 203 g/mol. The van der Waals surface area contributed by atoms with E-state index in [9.17, 15) is 4.79 Å². The average Bonchev–Trinajstić information content (AvgIpc) is 2.29. The van der Waals surface area contributed by atoms with Gasteiger partial charge in [-0.05, 0) is 18.6 Å². The molecule has 78 valence electrons. The van der Waals surface area contributed by atoms with Crippen LogP contribution in [0.1, 0.15) is 30.3 Å². The first-order valence-electron chi connectivity index (χ1n) is 4.89. The van der Waals surface area contributed by atoms with Gasteiger partial charge in [0.15, 0.2) is 0 Å². The van der Waals surface area contributed by atoms with E-state index in [1.807, 2.05) is 13.0 Å². The number of carbonyl (C=O) groups is 1. The maximum Gasteiger partial charge on any atom is 0.270 e. The van der Waals surface area contributed by atoms with E-state index in [4.69, 9.17) is 5.26 Å². The Morgan fingerprint density at radius 3 is 3.00 bits per heavy atom. The minimum absolute atomic E-state index is 0.296. The smallest absolute Gasteiger partial charge is 0.270 e. The van der Waals surface area contributed by atoms with Gasteiger partial charge in [0.1, 0.15) is 11.7 Å². The molecule has 1 rings (SSSR count). The molecule has 1 atom stereocenters. The van der Waals surface area contributed by atoms with Crippen LogP contribution in [-0.4, -0.2) is 16.9 Å². The van der Waals surface area contributed by atoms with Crippen molar-refractivity contribution in [3.8, 4) is 6.07 Å². The highest BCUT2D eigenvalue weighted by Crippen LogP contribution is 1.98. The molecule has 1 amide bonds. The second-order valence-electron chi connectivity index (χ2n) is 3.16. The number of nitriles is 1. The molecule has 0 aliphatic rings. The molecule has 0 aliphatic heterocycles. The van der Waals surface area contributed by atoms with E-state index in [1.165, 1.54) is 0 Å². The first kappa shape index (κ1) is 11.2. The summed E-state index contributed by atoms with van der Waals surface area (Å²) in [5, 5.41) is 11.4. The number of aromatic nitrogens is 1. The molecule has 1 aromatic heterocycles. The first-order valence-corrected chi connectivity index (χ1v) is 4.89. The molecule has 0 saturated carbocycles. The van der Waals surface area contributed by atoms with Crippen molar-refractivity contribution in [3.05, 3.63) is 30.1 Å². The second kappa shape index (κ2) is 5.76. The number of nitrogens with one attached hydrogen (secondary N) is 1. The highest BCUT2D eigenvalue weighted by Gasteiger charge is 2.12. The van der Waals surface area contributed by atoms with E-state index >= 15 is 0 Å². The van der Waals surface area contributed by atoms with Gasteiger partial charge in [-0.3, -0.25) is 9.78 Å². The van der Waals surface area contributed by atoms with Gasteiger partial charge in [-0.15, -0.1) is 0 Å². The number of amides is 1. The highest BCUT2D eigenvalue weighted by atomic mass is 16.1. The molecule has 0 saturated heterocycles. The third kappa shape index (κ3) is 3.39. The van der Waals surface area contributed by atoms with E-state index in [-0.39, 0.29) is 5.91 Å². The molecule has 15 heavy (non-hydrogen) atoms. The predicted molar refractivity (Wildman–Crippen MR) is 56.0 cm³/mol. The molecule has 0 spiro atoms. The third-order valence-corrected chi connectivity index (χ3v) is 1.94. The first-order chi connectivity index (χ1) is 7.27. The summed E-state index contributed by atoms with van der Waals surface area (Å²) in [6.45, 7) is 1.97. The van der Waals surface area contributed by atoms with Crippen molar-refractivity contribution in [2.45, 2.75) is 25.8 Å². The van der Waals surface area contributed by atoms with Crippen LogP contribution in [0.5, 0.6) is 0 Å². The summed E-state index contributed by atoms with van der Waals surface area (Å²) in [6, 6.07) is 6.72. The molecular weight excluding hydrogens is 190 g/mol. The Hall–Kier alpha value is -1.89. The lowest BCUT2D eigenvalue weighted by Crippen LogP contribution is -2.34. The van der Waals surface area contributed by atoms with Gasteiger partial charge in [0.25, 0.3) is 5.91 Å². The fourth-order valence-corrected chi connectivity index (χ4v) is 1.19. The molecular formula is C11H13N3O. The normalized spacial score (nSPS) is 11.5. The lowest BCUT2D eigenvalue weighted by atomic mass is 10.2. The van der Waals surface area contributed by atoms with Gasteiger partial charge in [0, 0.05) is 6.20 Å². The van der Waals surface area contributed by atoms with Crippen molar-refractivity contribution >= 4 is 5.91 Å². The Kier molecular flexibility index (Phi) is 4.30. The molecule has 1 aromatic rings. The van der Waals surface area contributed by atoms with Gasteiger partial charge in [-0.2, -0.15) is 5.26 Å². The zero-order valence-corrected chi connectivity index (χ0v) is 8.60. The Morgan fingerprint density at radius 2 is 2.47 bits per heavy atom. The van der Waals surface area contributed by atoms with Gasteiger partial charge < -0.3 is 5.32 Å². The van der Waals surface area contributed by atoms with Crippen molar-refractivity contribution in [1.29, 1.82) is 5.26 Å². The molecule has 4 nitrogen and oxygen atoms in total. The molecule has 0 aliphatic carbocycles.